The minimum Gasteiger partial charge on any atom is -0.391 e. The van der Waals surface area contributed by atoms with Crippen LogP contribution in [0.2, 0.25) is 10.0 Å². The lowest BCUT2D eigenvalue weighted by Crippen LogP contribution is -2.07. The van der Waals surface area contributed by atoms with Crippen molar-refractivity contribution in [2.75, 3.05) is 0 Å². The smallest absolute Gasteiger partial charge is 0.283 e. The molecule has 0 spiro atoms. The Bertz CT molecular complexity index is 815. The molecule has 0 amide bonds. The Labute approximate surface area is 166 Å². The standard InChI is InChI=1S/C18H18Cl2N2O3S/c1-18(2,3)26-17-8-7-12(9-16(17)22(23)24)10-21-25-11-13-14(19)5-4-6-15(13)20/h4-10H,11H2,1-3H3. The second-order valence-corrected chi connectivity index (χ2v) is 9.09. The number of nitrogens with zero attached hydrogens (tertiary/aromatic N) is 2. The lowest BCUT2D eigenvalue weighted by molar-refractivity contribution is -0.387. The first kappa shape index (κ1) is 20.6. The van der Waals surface area contributed by atoms with Crippen LogP contribution in [0.15, 0.2) is 46.4 Å². The van der Waals surface area contributed by atoms with Gasteiger partial charge in [-0.2, -0.15) is 0 Å². The minimum absolute atomic E-state index is 0.0445. The summed E-state index contributed by atoms with van der Waals surface area (Å²) in [6.45, 7) is 6.12. The third kappa shape index (κ3) is 5.90. The molecular weight excluding hydrogens is 395 g/mol. The summed E-state index contributed by atoms with van der Waals surface area (Å²) in [5.41, 5.74) is 1.25. The van der Waals surface area contributed by atoms with Crippen molar-refractivity contribution in [3.63, 3.8) is 0 Å². The Kier molecular flexibility index (Phi) is 6.92. The molecule has 8 heteroatoms. The van der Waals surface area contributed by atoms with E-state index in [-0.39, 0.29) is 17.0 Å². The average molecular weight is 413 g/mol. The van der Waals surface area contributed by atoms with Crippen LogP contribution < -0.4 is 0 Å². The lowest BCUT2D eigenvalue weighted by Gasteiger charge is -2.17. The van der Waals surface area contributed by atoms with Crippen molar-refractivity contribution >= 4 is 46.9 Å². The summed E-state index contributed by atoms with van der Waals surface area (Å²) in [4.78, 5) is 16.8. The van der Waals surface area contributed by atoms with Crippen LogP contribution in [0.3, 0.4) is 0 Å². The molecule has 0 radical (unpaired) electrons. The van der Waals surface area contributed by atoms with E-state index in [9.17, 15) is 10.1 Å². The minimum atomic E-state index is -0.393. The Morgan fingerprint density at radius 3 is 2.46 bits per heavy atom. The van der Waals surface area contributed by atoms with Crippen molar-refractivity contribution in [2.24, 2.45) is 5.16 Å². The molecule has 0 aliphatic carbocycles. The first-order chi connectivity index (χ1) is 12.2. The number of nitro groups is 1. The van der Waals surface area contributed by atoms with Crippen LogP contribution in [0.1, 0.15) is 31.9 Å². The maximum absolute atomic E-state index is 11.3. The first-order valence-electron chi connectivity index (χ1n) is 7.73. The fourth-order valence-corrected chi connectivity index (χ4v) is 3.58. The third-order valence-electron chi connectivity index (χ3n) is 3.14. The van der Waals surface area contributed by atoms with Gasteiger partial charge in [-0.15, -0.1) is 11.8 Å². The van der Waals surface area contributed by atoms with Crippen LogP contribution in [-0.4, -0.2) is 15.9 Å². The van der Waals surface area contributed by atoms with Gasteiger partial charge in [0.1, 0.15) is 6.61 Å². The molecule has 0 bridgehead atoms. The molecule has 26 heavy (non-hydrogen) atoms. The quantitative estimate of drug-likeness (QED) is 0.240. The molecular formula is C18H18Cl2N2O3S. The molecule has 0 aliphatic heterocycles. The van der Waals surface area contributed by atoms with Crippen molar-refractivity contribution in [3.8, 4) is 0 Å². The normalized spacial score (nSPS) is 11.7. The van der Waals surface area contributed by atoms with Gasteiger partial charge >= 0.3 is 0 Å². The van der Waals surface area contributed by atoms with Gasteiger partial charge in [-0.05, 0) is 18.2 Å². The van der Waals surface area contributed by atoms with E-state index in [1.807, 2.05) is 20.8 Å². The molecule has 0 aromatic heterocycles. The van der Waals surface area contributed by atoms with Gasteiger partial charge < -0.3 is 4.84 Å². The van der Waals surface area contributed by atoms with E-state index in [0.29, 0.717) is 26.1 Å². The van der Waals surface area contributed by atoms with Crippen LogP contribution >= 0.6 is 35.0 Å². The Morgan fingerprint density at radius 2 is 1.88 bits per heavy atom. The van der Waals surface area contributed by atoms with Gasteiger partial charge in [-0.25, -0.2) is 0 Å². The highest BCUT2D eigenvalue weighted by Gasteiger charge is 2.20. The highest BCUT2D eigenvalue weighted by Crippen LogP contribution is 2.37. The van der Waals surface area contributed by atoms with E-state index in [4.69, 9.17) is 28.0 Å². The molecule has 138 valence electrons. The molecule has 5 nitrogen and oxygen atoms in total. The molecule has 0 atom stereocenters. The number of nitro benzene ring substituents is 1. The van der Waals surface area contributed by atoms with Crippen molar-refractivity contribution in [1.29, 1.82) is 0 Å². The maximum Gasteiger partial charge on any atom is 0.283 e. The predicted octanol–water partition coefficient (Wildman–Crippen LogP) is 6.34. The average Bonchev–Trinajstić information content (AvgIpc) is 2.53. The van der Waals surface area contributed by atoms with Crippen molar-refractivity contribution in [3.05, 3.63) is 67.7 Å². The zero-order valence-corrected chi connectivity index (χ0v) is 16.9. The molecule has 0 saturated carbocycles. The summed E-state index contributed by atoms with van der Waals surface area (Å²) in [7, 11) is 0. The second kappa shape index (κ2) is 8.75. The molecule has 0 heterocycles. The largest absolute Gasteiger partial charge is 0.391 e. The van der Waals surface area contributed by atoms with Crippen LogP contribution in [0.4, 0.5) is 5.69 Å². The first-order valence-corrected chi connectivity index (χ1v) is 9.30. The van der Waals surface area contributed by atoms with Gasteiger partial charge in [0.05, 0.1) is 16.0 Å². The number of hydrogen-bond donors (Lipinski definition) is 0. The summed E-state index contributed by atoms with van der Waals surface area (Å²) in [5, 5.41) is 16.2. The molecule has 0 fully saturated rings. The van der Waals surface area contributed by atoms with Crippen LogP contribution in [0.25, 0.3) is 0 Å². The van der Waals surface area contributed by atoms with Gasteiger partial charge in [-0.1, -0.05) is 61.3 Å². The zero-order chi connectivity index (χ0) is 19.3. The van der Waals surface area contributed by atoms with Gasteiger partial charge in [0, 0.05) is 32.0 Å². The molecule has 0 aliphatic rings. The number of oxime groups is 1. The monoisotopic (exact) mass is 412 g/mol. The lowest BCUT2D eigenvalue weighted by atomic mass is 10.2. The highest BCUT2D eigenvalue weighted by molar-refractivity contribution is 8.00. The topological polar surface area (TPSA) is 64.7 Å². The van der Waals surface area contributed by atoms with Crippen LogP contribution in [-0.2, 0) is 11.4 Å². The van der Waals surface area contributed by atoms with E-state index in [2.05, 4.69) is 5.16 Å². The van der Waals surface area contributed by atoms with Crippen molar-refractivity contribution in [2.45, 2.75) is 37.0 Å². The van der Waals surface area contributed by atoms with Crippen LogP contribution in [0.5, 0.6) is 0 Å². The highest BCUT2D eigenvalue weighted by atomic mass is 35.5. The maximum atomic E-state index is 11.3. The summed E-state index contributed by atoms with van der Waals surface area (Å²) in [5.74, 6) is 0. The Hall–Kier alpha value is -1.76. The van der Waals surface area contributed by atoms with E-state index in [1.165, 1.54) is 24.0 Å². The van der Waals surface area contributed by atoms with Gasteiger partial charge in [0.15, 0.2) is 0 Å². The van der Waals surface area contributed by atoms with Gasteiger partial charge in [0.2, 0.25) is 0 Å². The van der Waals surface area contributed by atoms with Crippen molar-refractivity contribution in [1.82, 2.24) is 0 Å². The van der Waals surface area contributed by atoms with Crippen LogP contribution in [0, 0.1) is 10.1 Å². The SMILES string of the molecule is CC(C)(C)Sc1ccc(C=NOCc2c(Cl)cccc2Cl)cc1[N+](=O)[O-]. The molecule has 2 aromatic rings. The summed E-state index contributed by atoms with van der Waals surface area (Å²) >= 11 is 13.6. The molecule has 2 aromatic carbocycles. The van der Waals surface area contributed by atoms with Gasteiger partial charge in [0.25, 0.3) is 5.69 Å². The summed E-state index contributed by atoms with van der Waals surface area (Å²) in [6.07, 6.45) is 1.42. The third-order valence-corrected chi connectivity index (χ3v) is 5.03. The number of hydrogen-bond acceptors (Lipinski definition) is 5. The van der Waals surface area contributed by atoms with E-state index < -0.39 is 4.92 Å². The number of halogens is 2. The Morgan fingerprint density at radius 1 is 1.23 bits per heavy atom. The molecule has 0 unspecified atom stereocenters. The second-order valence-electron chi connectivity index (χ2n) is 6.41. The van der Waals surface area contributed by atoms with Crippen molar-refractivity contribution < 1.29 is 9.76 Å². The zero-order valence-electron chi connectivity index (χ0n) is 14.5. The van der Waals surface area contributed by atoms with Gasteiger partial charge in [-0.3, -0.25) is 10.1 Å². The molecule has 0 saturated heterocycles. The summed E-state index contributed by atoms with van der Waals surface area (Å²) < 4.78 is -0.127. The number of thioether (sulfide) groups is 1. The van der Waals surface area contributed by atoms with E-state index in [1.54, 1.807) is 30.3 Å². The Balaban J connectivity index is 2.10. The number of benzene rings is 2. The molecule has 2 rings (SSSR count). The fourth-order valence-electron chi connectivity index (χ4n) is 2.04. The van der Waals surface area contributed by atoms with E-state index in [0.717, 1.165) is 0 Å². The number of rotatable bonds is 6. The predicted molar refractivity (Wildman–Crippen MR) is 108 cm³/mol. The summed E-state index contributed by atoms with van der Waals surface area (Å²) in [6, 6.07) is 10.1. The fraction of sp³-hybridized carbons (Fsp3) is 0.278. The van der Waals surface area contributed by atoms with E-state index >= 15 is 0 Å². The molecule has 0 N–H and O–H groups in total.